The van der Waals surface area contributed by atoms with Gasteiger partial charge in [-0.15, -0.1) is 0 Å². The lowest BCUT2D eigenvalue weighted by Gasteiger charge is -2.15. The number of carbonyl (C=O) groups is 2. The van der Waals surface area contributed by atoms with Crippen molar-refractivity contribution in [3.05, 3.63) is 41.8 Å². The minimum absolute atomic E-state index is 0.109. The molecule has 0 saturated carbocycles. The third-order valence-electron chi connectivity index (χ3n) is 3.50. The fourth-order valence-electron chi connectivity index (χ4n) is 2.33. The lowest BCUT2D eigenvalue weighted by molar-refractivity contribution is -0.148. The first-order valence-corrected chi connectivity index (χ1v) is 7.19. The summed E-state index contributed by atoms with van der Waals surface area (Å²) in [5.74, 6) is -3.52. The fourth-order valence-corrected chi connectivity index (χ4v) is 2.33. The van der Waals surface area contributed by atoms with Gasteiger partial charge in [0, 0.05) is 17.7 Å². The van der Waals surface area contributed by atoms with Crippen molar-refractivity contribution in [3.63, 3.8) is 0 Å². The van der Waals surface area contributed by atoms with Crippen LogP contribution in [-0.4, -0.2) is 27.2 Å². The van der Waals surface area contributed by atoms with Gasteiger partial charge in [-0.2, -0.15) is 5.10 Å². The van der Waals surface area contributed by atoms with Gasteiger partial charge in [-0.3, -0.25) is 14.7 Å². The van der Waals surface area contributed by atoms with Gasteiger partial charge in [-0.25, -0.2) is 4.39 Å². The quantitative estimate of drug-likeness (QED) is 0.711. The highest BCUT2D eigenvalue weighted by molar-refractivity contribution is 5.97. The number of aromatic nitrogens is 2. The van der Waals surface area contributed by atoms with Crippen LogP contribution < -0.4 is 5.32 Å². The monoisotopic (exact) mass is 319 g/mol. The Hall–Kier alpha value is -2.70. The number of amides is 1. The second-order valence-corrected chi connectivity index (χ2v) is 5.56. The molecule has 1 aromatic heterocycles. The number of aromatic amines is 1. The topological polar surface area (TPSA) is 95.1 Å². The van der Waals surface area contributed by atoms with E-state index in [2.05, 4.69) is 15.5 Å². The third kappa shape index (κ3) is 3.94. The number of nitrogens with zero attached hydrogens (tertiary/aromatic N) is 1. The molecule has 0 aliphatic rings. The van der Waals surface area contributed by atoms with Crippen molar-refractivity contribution in [1.29, 1.82) is 0 Å². The van der Waals surface area contributed by atoms with E-state index in [-0.39, 0.29) is 18.3 Å². The van der Waals surface area contributed by atoms with E-state index in [1.54, 1.807) is 26.0 Å². The van der Waals surface area contributed by atoms with Crippen molar-refractivity contribution >= 4 is 11.9 Å². The van der Waals surface area contributed by atoms with Crippen LogP contribution in [0.2, 0.25) is 0 Å². The zero-order valence-corrected chi connectivity index (χ0v) is 12.8. The molecule has 122 valence electrons. The molecular weight excluding hydrogens is 301 g/mol. The predicted molar refractivity (Wildman–Crippen MR) is 81.8 cm³/mol. The molecular formula is C16H18FN3O3. The Labute approximate surface area is 132 Å². The van der Waals surface area contributed by atoms with Gasteiger partial charge in [0.15, 0.2) is 0 Å². The number of hydrogen-bond donors (Lipinski definition) is 3. The minimum Gasteiger partial charge on any atom is -0.481 e. The predicted octanol–water partition coefficient (Wildman–Crippen LogP) is 2.19. The van der Waals surface area contributed by atoms with E-state index in [4.69, 9.17) is 5.11 Å². The summed E-state index contributed by atoms with van der Waals surface area (Å²) in [5.41, 5.74) is 1.84. The van der Waals surface area contributed by atoms with Crippen LogP contribution in [0.3, 0.4) is 0 Å². The zero-order valence-electron chi connectivity index (χ0n) is 12.8. The molecule has 0 aliphatic heterocycles. The number of carbonyl (C=O) groups excluding carboxylic acids is 1. The molecule has 1 aromatic carbocycles. The number of aliphatic carboxylic acids is 1. The number of carboxylic acid groups (broad SMARTS) is 1. The number of H-pyrrole nitrogens is 1. The van der Waals surface area contributed by atoms with E-state index in [0.29, 0.717) is 16.8 Å². The molecule has 23 heavy (non-hydrogen) atoms. The highest BCUT2D eigenvalue weighted by Crippen LogP contribution is 2.22. The lowest BCUT2D eigenvalue weighted by Crippen LogP contribution is -2.38. The van der Waals surface area contributed by atoms with Gasteiger partial charge in [-0.1, -0.05) is 26.0 Å². The fraction of sp³-hybridized carbons (Fsp3) is 0.312. The van der Waals surface area contributed by atoms with Gasteiger partial charge >= 0.3 is 5.97 Å². The zero-order chi connectivity index (χ0) is 17.0. The molecule has 0 aliphatic carbocycles. The van der Waals surface area contributed by atoms with Crippen molar-refractivity contribution in [3.8, 4) is 11.3 Å². The van der Waals surface area contributed by atoms with Gasteiger partial charge in [0.1, 0.15) is 11.7 Å². The Bertz CT molecular complexity index is 712. The Morgan fingerprint density at radius 3 is 2.74 bits per heavy atom. The van der Waals surface area contributed by atoms with E-state index < -0.39 is 17.8 Å². The average molecular weight is 319 g/mol. The molecule has 7 heteroatoms. The summed E-state index contributed by atoms with van der Waals surface area (Å²) in [7, 11) is 0. The molecule has 0 radical (unpaired) electrons. The largest absolute Gasteiger partial charge is 0.481 e. The van der Waals surface area contributed by atoms with Crippen LogP contribution in [-0.2, 0) is 16.1 Å². The van der Waals surface area contributed by atoms with Crippen LogP contribution in [0.1, 0.15) is 19.4 Å². The summed E-state index contributed by atoms with van der Waals surface area (Å²) in [6, 6.07) is 5.98. The number of nitrogens with one attached hydrogen (secondary N) is 2. The number of benzene rings is 1. The molecule has 0 bridgehead atoms. The third-order valence-corrected chi connectivity index (χ3v) is 3.50. The van der Waals surface area contributed by atoms with Crippen molar-refractivity contribution in [1.82, 2.24) is 15.5 Å². The van der Waals surface area contributed by atoms with E-state index in [9.17, 15) is 14.0 Å². The molecule has 1 unspecified atom stereocenters. The van der Waals surface area contributed by atoms with E-state index >= 15 is 0 Å². The number of carboxylic acids is 1. The summed E-state index contributed by atoms with van der Waals surface area (Å²) in [5, 5.41) is 18.4. The lowest BCUT2D eigenvalue weighted by atomic mass is 9.95. The SMILES string of the molecule is CC(C)C(C(=O)O)C(=O)NCc1cn[nH]c1-c1cccc(F)c1. The summed E-state index contributed by atoms with van der Waals surface area (Å²) in [6.07, 6.45) is 1.52. The maximum Gasteiger partial charge on any atom is 0.316 e. The Morgan fingerprint density at radius 2 is 2.13 bits per heavy atom. The standard InChI is InChI=1S/C16H18FN3O3/c1-9(2)13(16(22)23)15(21)18-7-11-8-19-20-14(11)10-4-3-5-12(17)6-10/h3-6,8-9,13H,7H2,1-2H3,(H,18,21)(H,19,20)(H,22,23). The first kappa shape index (κ1) is 16.7. The molecule has 0 saturated heterocycles. The molecule has 3 N–H and O–H groups in total. The van der Waals surface area contributed by atoms with E-state index in [1.807, 2.05) is 0 Å². The molecule has 0 spiro atoms. The first-order valence-electron chi connectivity index (χ1n) is 7.19. The Kier molecular flexibility index (Phi) is 5.10. The van der Waals surface area contributed by atoms with Crippen LogP contribution >= 0.6 is 0 Å². The molecule has 2 aromatic rings. The second-order valence-electron chi connectivity index (χ2n) is 5.56. The molecule has 1 heterocycles. The molecule has 2 rings (SSSR count). The van der Waals surface area contributed by atoms with Crippen LogP contribution in [0.15, 0.2) is 30.5 Å². The van der Waals surface area contributed by atoms with E-state index in [1.165, 1.54) is 18.3 Å². The summed E-state index contributed by atoms with van der Waals surface area (Å²) in [4.78, 5) is 23.2. The number of hydrogen-bond acceptors (Lipinski definition) is 3. The summed E-state index contributed by atoms with van der Waals surface area (Å²) in [6.45, 7) is 3.46. The van der Waals surface area contributed by atoms with Crippen molar-refractivity contribution in [2.75, 3.05) is 0 Å². The van der Waals surface area contributed by atoms with E-state index in [0.717, 1.165) is 0 Å². The number of rotatable bonds is 6. The molecule has 1 amide bonds. The van der Waals surface area contributed by atoms with Gasteiger partial charge in [0.2, 0.25) is 5.91 Å². The van der Waals surface area contributed by atoms with Crippen LogP contribution in [0, 0.1) is 17.7 Å². The maximum atomic E-state index is 13.3. The highest BCUT2D eigenvalue weighted by atomic mass is 19.1. The van der Waals surface area contributed by atoms with Crippen LogP contribution in [0.4, 0.5) is 4.39 Å². The average Bonchev–Trinajstić information content (AvgIpc) is 2.92. The van der Waals surface area contributed by atoms with Crippen molar-refractivity contribution in [2.45, 2.75) is 20.4 Å². The normalized spacial score (nSPS) is 12.2. The molecule has 6 nitrogen and oxygen atoms in total. The minimum atomic E-state index is -1.16. The van der Waals surface area contributed by atoms with Crippen molar-refractivity contribution < 1.29 is 19.1 Å². The Morgan fingerprint density at radius 1 is 1.39 bits per heavy atom. The first-order chi connectivity index (χ1) is 10.9. The molecule has 0 fully saturated rings. The number of halogens is 1. The van der Waals surface area contributed by atoms with Gasteiger partial charge < -0.3 is 10.4 Å². The van der Waals surface area contributed by atoms with Crippen molar-refractivity contribution in [2.24, 2.45) is 11.8 Å². The second kappa shape index (κ2) is 7.04. The van der Waals surface area contributed by atoms with Crippen LogP contribution in [0.5, 0.6) is 0 Å². The van der Waals surface area contributed by atoms with Gasteiger partial charge in [-0.05, 0) is 18.1 Å². The highest BCUT2D eigenvalue weighted by Gasteiger charge is 2.29. The summed E-state index contributed by atoms with van der Waals surface area (Å²) >= 11 is 0. The van der Waals surface area contributed by atoms with Gasteiger partial charge in [0.25, 0.3) is 0 Å². The smallest absolute Gasteiger partial charge is 0.316 e. The van der Waals surface area contributed by atoms with Gasteiger partial charge in [0.05, 0.1) is 11.9 Å². The maximum absolute atomic E-state index is 13.3. The molecule has 1 atom stereocenters. The summed E-state index contributed by atoms with van der Waals surface area (Å²) < 4.78 is 13.3. The Balaban J connectivity index is 2.12. The van der Waals surface area contributed by atoms with Crippen LogP contribution in [0.25, 0.3) is 11.3 Å².